The van der Waals surface area contributed by atoms with Crippen molar-refractivity contribution in [3.05, 3.63) is 34.4 Å². The Morgan fingerprint density at radius 1 is 1.23 bits per heavy atom. The Morgan fingerprint density at radius 2 is 1.77 bits per heavy atom. The van der Waals surface area contributed by atoms with E-state index >= 15 is 0 Å². The number of nitro groups is 1. The van der Waals surface area contributed by atoms with Crippen LogP contribution in [0.3, 0.4) is 0 Å². The zero-order chi connectivity index (χ0) is 16.9. The van der Waals surface area contributed by atoms with Crippen LogP contribution in [0.25, 0.3) is 0 Å². The monoisotopic (exact) mass is 331 g/mol. The number of hydrogen-bond donors (Lipinski definition) is 3. The van der Waals surface area contributed by atoms with E-state index in [0.717, 1.165) is 24.3 Å². The molecule has 0 aliphatic heterocycles. The number of nitrogens with two attached hydrogens (primary N) is 2. The van der Waals surface area contributed by atoms with Crippen LogP contribution in [0.1, 0.15) is 19.3 Å². The van der Waals surface area contributed by atoms with Crippen LogP contribution in [0.4, 0.5) is 5.69 Å². The molecule has 1 aromatic rings. The Balaban J connectivity index is 2.72. The molecular weight excluding hydrogens is 314 g/mol. The molecule has 0 fully saturated rings. The van der Waals surface area contributed by atoms with Crippen molar-refractivity contribution in [2.75, 3.05) is 0 Å². The summed E-state index contributed by atoms with van der Waals surface area (Å²) in [7, 11) is -3.83. The zero-order valence-electron chi connectivity index (χ0n) is 11.6. The molecule has 0 bridgehead atoms. The highest BCUT2D eigenvalue weighted by molar-refractivity contribution is 7.92. The molecular formula is C12H17N3O6S. The van der Waals surface area contributed by atoms with Crippen LogP contribution in [0, 0.1) is 10.1 Å². The molecule has 10 heteroatoms. The number of hydrogen-bond acceptors (Lipinski definition) is 7. The predicted molar refractivity (Wildman–Crippen MR) is 77.7 cm³/mol. The molecule has 0 saturated carbocycles. The molecule has 1 rings (SSSR count). The molecule has 0 aromatic heterocycles. The van der Waals surface area contributed by atoms with Crippen molar-refractivity contribution in [1.82, 2.24) is 0 Å². The zero-order valence-corrected chi connectivity index (χ0v) is 12.4. The van der Waals surface area contributed by atoms with E-state index in [1.54, 1.807) is 0 Å². The van der Waals surface area contributed by atoms with Gasteiger partial charge in [-0.1, -0.05) is 0 Å². The molecule has 0 saturated heterocycles. The van der Waals surface area contributed by atoms with Crippen LogP contribution in [0.5, 0.6) is 0 Å². The maximum Gasteiger partial charge on any atom is 0.320 e. The fraction of sp³-hybridized carbons (Fsp3) is 0.417. The van der Waals surface area contributed by atoms with Crippen molar-refractivity contribution in [3.63, 3.8) is 0 Å². The molecule has 22 heavy (non-hydrogen) atoms. The van der Waals surface area contributed by atoms with Crippen molar-refractivity contribution in [2.24, 2.45) is 11.5 Å². The number of carboxylic acid groups (broad SMARTS) is 1. The summed E-state index contributed by atoms with van der Waals surface area (Å²) in [6.45, 7) is 0. The number of sulfone groups is 1. The second-order valence-corrected chi connectivity index (χ2v) is 6.88. The average Bonchev–Trinajstić information content (AvgIpc) is 2.46. The first-order valence-electron chi connectivity index (χ1n) is 6.38. The van der Waals surface area contributed by atoms with Gasteiger partial charge in [0.1, 0.15) is 11.4 Å². The molecule has 0 radical (unpaired) electrons. The Hall–Kier alpha value is -2.04. The molecule has 0 amide bonds. The number of rotatable bonds is 8. The maximum atomic E-state index is 12.2. The van der Waals surface area contributed by atoms with Crippen LogP contribution in [0.2, 0.25) is 0 Å². The van der Waals surface area contributed by atoms with Crippen LogP contribution < -0.4 is 11.5 Å². The second-order valence-electron chi connectivity index (χ2n) is 4.71. The highest BCUT2D eigenvalue weighted by Crippen LogP contribution is 2.20. The Morgan fingerprint density at radius 3 is 2.23 bits per heavy atom. The van der Waals surface area contributed by atoms with Gasteiger partial charge >= 0.3 is 5.97 Å². The summed E-state index contributed by atoms with van der Waals surface area (Å²) in [6, 6.07) is 3.35. The molecule has 0 aliphatic carbocycles. The third kappa shape index (κ3) is 4.48. The molecule has 1 aromatic carbocycles. The third-order valence-corrected chi connectivity index (χ3v) is 5.06. The van der Waals surface area contributed by atoms with Gasteiger partial charge < -0.3 is 16.6 Å². The van der Waals surface area contributed by atoms with Gasteiger partial charge in [-0.25, -0.2) is 8.42 Å². The van der Waals surface area contributed by atoms with E-state index in [4.69, 9.17) is 16.6 Å². The number of non-ortho nitro benzene ring substituents is 1. The number of nitro benzene ring substituents is 1. The molecule has 2 atom stereocenters. The van der Waals surface area contributed by atoms with Crippen LogP contribution >= 0.6 is 0 Å². The van der Waals surface area contributed by atoms with Gasteiger partial charge in [0.05, 0.1) is 9.82 Å². The van der Waals surface area contributed by atoms with Gasteiger partial charge in [-0.3, -0.25) is 14.9 Å². The fourth-order valence-electron chi connectivity index (χ4n) is 1.75. The minimum absolute atomic E-state index is 0.0420. The lowest BCUT2D eigenvalue weighted by atomic mass is 10.1. The lowest BCUT2D eigenvalue weighted by molar-refractivity contribution is -0.384. The molecule has 1 unspecified atom stereocenters. The van der Waals surface area contributed by atoms with E-state index in [2.05, 4.69) is 0 Å². The molecule has 122 valence electrons. The van der Waals surface area contributed by atoms with E-state index in [1.807, 2.05) is 0 Å². The standard InChI is InChI=1S/C12H17N3O6S/c13-10(12(16)17)2-1-3-11(14)22(20,21)9-6-4-8(5-7-9)15(18)19/h4-7,10-11H,1-3,13-14H2,(H,16,17)/t10-,11?/m0/s1. The van der Waals surface area contributed by atoms with Gasteiger partial charge in [0, 0.05) is 12.1 Å². The highest BCUT2D eigenvalue weighted by Gasteiger charge is 2.24. The van der Waals surface area contributed by atoms with Gasteiger partial charge in [0.25, 0.3) is 5.69 Å². The van der Waals surface area contributed by atoms with Gasteiger partial charge in [-0.15, -0.1) is 0 Å². The van der Waals surface area contributed by atoms with Crippen LogP contribution in [-0.2, 0) is 14.6 Å². The molecule has 0 aliphatic rings. The fourth-order valence-corrected chi connectivity index (χ4v) is 3.09. The Labute approximate surface area is 127 Å². The molecule has 0 heterocycles. The Kier molecular flexibility index (Phi) is 5.97. The molecule has 9 nitrogen and oxygen atoms in total. The number of nitrogens with zero attached hydrogens (tertiary/aromatic N) is 1. The lowest BCUT2D eigenvalue weighted by Crippen LogP contribution is -2.33. The second kappa shape index (κ2) is 7.29. The van der Waals surface area contributed by atoms with E-state index in [-0.39, 0.29) is 29.8 Å². The van der Waals surface area contributed by atoms with Crippen molar-refractivity contribution < 1.29 is 23.2 Å². The Bertz CT molecular complexity index is 643. The molecule has 0 spiro atoms. The van der Waals surface area contributed by atoms with Crippen molar-refractivity contribution in [2.45, 2.75) is 35.6 Å². The molecule has 5 N–H and O–H groups in total. The normalized spacial score (nSPS) is 14.3. The number of carboxylic acids is 1. The van der Waals surface area contributed by atoms with Gasteiger partial charge in [-0.2, -0.15) is 0 Å². The summed E-state index contributed by atoms with van der Waals surface area (Å²) in [5, 5.41) is 17.9. The van der Waals surface area contributed by atoms with E-state index in [9.17, 15) is 23.3 Å². The van der Waals surface area contributed by atoms with E-state index < -0.39 is 32.1 Å². The van der Waals surface area contributed by atoms with Gasteiger partial charge in [0.15, 0.2) is 9.84 Å². The summed E-state index contributed by atoms with van der Waals surface area (Å²) in [5.74, 6) is -1.16. The van der Waals surface area contributed by atoms with Gasteiger partial charge in [-0.05, 0) is 31.4 Å². The smallest absolute Gasteiger partial charge is 0.320 e. The summed E-state index contributed by atoms with van der Waals surface area (Å²) < 4.78 is 24.4. The lowest BCUT2D eigenvalue weighted by Gasteiger charge is -2.13. The maximum absolute atomic E-state index is 12.2. The largest absolute Gasteiger partial charge is 0.480 e. The van der Waals surface area contributed by atoms with Crippen LogP contribution in [0.15, 0.2) is 29.2 Å². The minimum atomic E-state index is -3.83. The van der Waals surface area contributed by atoms with Crippen molar-refractivity contribution in [3.8, 4) is 0 Å². The highest BCUT2D eigenvalue weighted by atomic mass is 32.2. The van der Waals surface area contributed by atoms with Crippen molar-refractivity contribution >= 4 is 21.5 Å². The topological polar surface area (TPSA) is 167 Å². The predicted octanol–water partition coefficient (Wildman–Crippen LogP) is 0.236. The average molecular weight is 331 g/mol. The first-order chi connectivity index (χ1) is 10.2. The summed E-state index contributed by atoms with van der Waals surface area (Å²) in [6.07, 6.45) is 0.389. The van der Waals surface area contributed by atoms with E-state index in [1.165, 1.54) is 0 Å². The van der Waals surface area contributed by atoms with Crippen molar-refractivity contribution in [1.29, 1.82) is 0 Å². The summed E-state index contributed by atoms with van der Waals surface area (Å²) in [4.78, 5) is 20.3. The quantitative estimate of drug-likeness (QED) is 0.449. The summed E-state index contributed by atoms with van der Waals surface area (Å²) >= 11 is 0. The number of aliphatic carboxylic acids is 1. The third-order valence-electron chi connectivity index (χ3n) is 3.10. The van der Waals surface area contributed by atoms with Crippen LogP contribution in [-0.4, -0.2) is 35.8 Å². The number of carbonyl (C=O) groups is 1. The first kappa shape index (κ1) is 18.0. The first-order valence-corrected chi connectivity index (χ1v) is 7.93. The SMILES string of the molecule is NC(CCC[C@H](N)C(=O)O)S(=O)(=O)c1ccc([N+](=O)[O-])cc1. The minimum Gasteiger partial charge on any atom is -0.480 e. The number of benzene rings is 1. The van der Waals surface area contributed by atoms with E-state index in [0.29, 0.717) is 0 Å². The van der Waals surface area contributed by atoms with Gasteiger partial charge in [0.2, 0.25) is 0 Å². The summed E-state index contributed by atoms with van der Waals surface area (Å²) in [5.41, 5.74) is 10.7.